The van der Waals surface area contributed by atoms with E-state index in [9.17, 15) is 4.79 Å². The van der Waals surface area contributed by atoms with Gasteiger partial charge in [-0.05, 0) is 37.0 Å². The fourth-order valence-corrected chi connectivity index (χ4v) is 3.88. The molecule has 0 radical (unpaired) electrons. The molecule has 3 heteroatoms. The number of hydrogen-bond acceptors (Lipinski definition) is 2. The van der Waals surface area contributed by atoms with Crippen LogP contribution >= 0.6 is 0 Å². The van der Waals surface area contributed by atoms with Crippen LogP contribution < -0.4 is 5.32 Å². The molecular formula is C17H32N2O. The highest BCUT2D eigenvalue weighted by Gasteiger charge is 2.45. The maximum atomic E-state index is 12.8. The second-order valence-electron chi connectivity index (χ2n) is 7.61. The average Bonchev–Trinajstić information content (AvgIpc) is 2.66. The summed E-state index contributed by atoms with van der Waals surface area (Å²) in [4.78, 5) is 15.1. The summed E-state index contributed by atoms with van der Waals surface area (Å²) in [6.07, 6.45) is 6.39. The monoisotopic (exact) mass is 280 g/mol. The molecular weight excluding hydrogens is 248 g/mol. The predicted molar refractivity (Wildman–Crippen MR) is 83.3 cm³/mol. The standard InChI is InChI=1S/C17H32N2O/c1-11(2)10-15-18-16(12(3)4)17(20)19(15)14-9-7-6-8-13(14)5/h11-16,18H,6-10H2,1-5H3. The van der Waals surface area contributed by atoms with Crippen molar-refractivity contribution in [2.45, 2.75) is 85.0 Å². The first-order valence-electron chi connectivity index (χ1n) is 8.50. The topological polar surface area (TPSA) is 32.3 Å². The van der Waals surface area contributed by atoms with E-state index < -0.39 is 0 Å². The lowest BCUT2D eigenvalue weighted by Gasteiger charge is -2.39. The Morgan fingerprint density at radius 3 is 2.40 bits per heavy atom. The van der Waals surface area contributed by atoms with Crippen LogP contribution in [0, 0.1) is 17.8 Å². The van der Waals surface area contributed by atoms with Gasteiger partial charge in [-0.25, -0.2) is 0 Å². The van der Waals surface area contributed by atoms with Crippen molar-refractivity contribution in [3.05, 3.63) is 0 Å². The minimum Gasteiger partial charge on any atom is -0.323 e. The van der Waals surface area contributed by atoms with Gasteiger partial charge in [-0.1, -0.05) is 47.5 Å². The van der Waals surface area contributed by atoms with Crippen molar-refractivity contribution in [1.82, 2.24) is 10.2 Å². The van der Waals surface area contributed by atoms with Crippen molar-refractivity contribution in [3.63, 3.8) is 0 Å². The third-order valence-electron chi connectivity index (χ3n) is 5.01. The highest BCUT2D eigenvalue weighted by Crippen LogP contribution is 2.33. The van der Waals surface area contributed by atoms with Gasteiger partial charge >= 0.3 is 0 Å². The third kappa shape index (κ3) is 3.19. The van der Waals surface area contributed by atoms with Gasteiger partial charge in [-0.2, -0.15) is 0 Å². The molecule has 1 saturated heterocycles. The summed E-state index contributed by atoms with van der Waals surface area (Å²) in [7, 11) is 0. The smallest absolute Gasteiger partial charge is 0.241 e. The Bertz CT molecular complexity index is 340. The molecule has 1 saturated carbocycles. The Labute approximate surface area is 124 Å². The molecule has 2 rings (SSSR count). The number of nitrogens with one attached hydrogen (secondary N) is 1. The molecule has 4 unspecified atom stereocenters. The zero-order valence-electron chi connectivity index (χ0n) is 13.9. The molecule has 0 aromatic rings. The van der Waals surface area contributed by atoms with E-state index in [4.69, 9.17) is 0 Å². The SMILES string of the molecule is CC(C)CC1NC(C(C)C)C(=O)N1C1CCCCC1C. The number of carbonyl (C=O) groups is 1. The van der Waals surface area contributed by atoms with Crippen molar-refractivity contribution in [1.29, 1.82) is 0 Å². The molecule has 0 aromatic heterocycles. The minimum atomic E-state index is 0.0212. The lowest BCUT2D eigenvalue weighted by molar-refractivity contribution is -0.135. The van der Waals surface area contributed by atoms with E-state index in [0.29, 0.717) is 29.7 Å². The van der Waals surface area contributed by atoms with Crippen molar-refractivity contribution in [2.24, 2.45) is 17.8 Å². The minimum absolute atomic E-state index is 0.0212. The molecule has 0 aromatic carbocycles. The summed E-state index contributed by atoms with van der Waals surface area (Å²) >= 11 is 0. The molecule has 1 N–H and O–H groups in total. The molecule has 3 nitrogen and oxygen atoms in total. The zero-order valence-corrected chi connectivity index (χ0v) is 13.9. The van der Waals surface area contributed by atoms with E-state index >= 15 is 0 Å². The fraction of sp³-hybridized carbons (Fsp3) is 0.941. The van der Waals surface area contributed by atoms with Crippen molar-refractivity contribution in [2.75, 3.05) is 0 Å². The number of hydrogen-bond donors (Lipinski definition) is 1. The van der Waals surface area contributed by atoms with Gasteiger partial charge in [0.05, 0.1) is 12.2 Å². The Morgan fingerprint density at radius 2 is 1.85 bits per heavy atom. The summed E-state index contributed by atoms with van der Waals surface area (Å²) in [6.45, 7) is 11.1. The van der Waals surface area contributed by atoms with E-state index in [1.165, 1.54) is 25.7 Å². The first-order chi connectivity index (χ1) is 9.41. The molecule has 2 aliphatic rings. The normalized spacial score (nSPS) is 35.4. The number of amides is 1. The van der Waals surface area contributed by atoms with Crippen molar-refractivity contribution >= 4 is 5.91 Å². The first kappa shape index (κ1) is 15.8. The van der Waals surface area contributed by atoms with Gasteiger partial charge in [-0.3, -0.25) is 10.1 Å². The summed E-state index contributed by atoms with van der Waals surface area (Å²) in [6, 6.07) is 0.476. The van der Waals surface area contributed by atoms with E-state index in [1.54, 1.807) is 0 Å². The van der Waals surface area contributed by atoms with Crippen LogP contribution in [-0.4, -0.2) is 29.1 Å². The van der Waals surface area contributed by atoms with Crippen molar-refractivity contribution in [3.8, 4) is 0 Å². The van der Waals surface area contributed by atoms with Gasteiger partial charge in [0.15, 0.2) is 0 Å². The molecule has 1 amide bonds. The predicted octanol–water partition coefficient (Wildman–Crippen LogP) is 3.39. The molecule has 1 aliphatic carbocycles. The highest BCUT2D eigenvalue weighted by molar-refractivity contribution is 5.85. The van der Waals surface area contributed by atoms with Crippen LogP contribution in [0.4, 0.5) is 0 Å². The molecule has 4 atom stereocenters. The van der Waals surface area contributed by atoms with Gasteiger partial charge in [0.1, 0.15) is 0 Å². The van der Waals surface area contributed by atoms with Crippen LogP contribution in [0.3, 0.4) is 0 Å². The van der Waals surface area contributed by atoms with Crippen LogP contribution in [0.25, 0.3) is 0 Å². The lowest BCUT2D eigenvalue weighted by Crippen LogP contribution is -2.49. The largest absolute Gasteiger partial charge is 0.323 e. The van der Waals surface area contributed by atoms with E-state index in [-0.39, 0.29) is 12.2 Å². The summed E-state index contributed by atoms with van der Waals surface area (Å²) in [5.41, 5.74) is 0. The second-order valence-corrected chi connectivity index (χ2v) is 7.61. The van der Waals surface area contributed by atoms with Gasteiger partial charge in [0.25, 0.3) is 0 Å². The van der Waals surface area contributed by atoms with Crippen LogP contribution in [0.2, 0.25) is 0 Å². The molecule has 0 spiro atoms. The van der Waals surface area contributed by atoms with Gasteiger partial charge in [0, 0.05) is 6.04 Å². The van der Waals surface area contributed by atoms with E-state index in [1.807, 2.05) is 0 Å². The third-order valence-corrected chi connectivity index (χ3v) is 5.01. The van der Waals surface area contributed by atoms with Gasteiger partial charge < -0.3 is 4.90 Å². The number of carbonyl (C=O) groups excluding carboxylic acids is 1. The van der Waals surface area contributed by atoms with Gasteiger partial charge in [0.2, 0.25) is 5.91 Å². The van der Waals surface area contributed by atoms with Crippen LogP contribution in [0.1, 0.15) is 66.7 Å². The summed E-state index contributed by atoms with van der Waals surface area (Å²) < 4.78 is 0. The number of rotatable bonds is 4. The number of nitrogens with zero attached hydrogens (tertiary/aromatic N) is 1. The Kier molecular flexibility index (Phi) is 5.11. The first-order valence-corrected chi connectivity index (χ1v) is 8.50. The lowest BCUT2D eigenvalue weighted by atomic mass is 9.84. The van der Waals surface area contributed by atoms with Crippen LogP contribution in [-0.2, 0) is 4.79 Å². The maximum Gasteiger partial charge on any atom is 0.241 e. The van der Waals surface area contributed by atoms with Gasteiger partial charge in [-0.15, -0.1) is 0 Å². The second kappa shape index (κ2) is 6.46. The highest BCUT2D eigenvalue weighted by atomic mass is 16.2. The molecule has 20 heavy (non-hydrogen) atoms. The van der Waals surface area contributed by atoms with Crippen LogP contribution in [0.5, 0.6) is 0 Å². The Morgan fingerprint density at radius 1 is 1.20 bits per heavy atom. The molecule has 116 valence electrons. The molecule has 1 heterocycles. The Hall–Kier alpha value is -0.570. The quantitative estimate of drug-likeness (QED) is 0.856. The summed E-state index contributed by atoms with van der Waals surface area (Å²) in [5.74, 6) is 1.99. The summed E-state index contributed by atoms with van der Waals surface area (Å²) in [5, 5.41) is 3.62. The van der Waals surface area contributed by atoms with Crippen LogP contribution in [0.15, 0.2) is 0 Å². The van der Waals surface area contributed by atoms with E-state index in [0.717, 1.165) is 6.42 Å². The zero-order chi connectivity index (χ0) is 14.9. The average molecular weight is 280 g/mol. The Balaban J connectivity index is 2.18. The maximum absolute atomic E-state index is 12.8. The molecule has 0 bridgehead atoms. The fourth-order valence-electron chi connectivity index (χ4n) is 3.88. The molecule has 2 fully saturated rings. The van der Waals surface area contributed by atoms with E-state index in [2.05, 4.69) is 44.8 Å². The van der Waals surface area contributed by atoms with Crippen molar-refractivity contribution < 1.29 is 4.79 Å². The molecule has 1 aliphatic heterocycles.